The van der Waals surface area contributed by atoms with E-state index in [4.69, 9.17) is 4.42 Å². The standard InChI is InChI=1S/C22H29N3O3/c1-24(2)22(27)25-14-11-18(12-15-25)21(26)23-13-10-19(20-9-6-16-28-20)17-7-4-3-5-8-17/h3-9,16,18-19H,10-15H2,1-2H3,(H,23,26). The summed E-state index contributed by atoms with van der Waals surface area (Å²) >= 11 is 0. The second-order valence-corrected chi connectivity index (χ2v) is 7.50. The highest BCUT2D eigenvalue weighted by Gasteiger charge is 2.28. The molecular weight excluding hydrogens is 354 g/mol. The molecular formula is C22H29N3O3. The van der Waals surface area contributed by atoms with Gasteiger partial charge >= 0.3 is 6.03 Å². The molecule has 0 saturated carbocycles. The van der Waals surface area contributed by atoms with Crippen LogP contribution in [0.1, 0.15) is 36.5 Å². The Bertz CT molecular complexity index is 751. The van der Waals surface area contributed by atoms with Crippen LogP contribution in [0.2, 0.25) is 0 Å². The fourth-order valence-corrected chi connectivity index (χ4v) is 3.75. The van der Waals surface area contributed by atoms with Gasteiger partial charge in [0.25, 0.3) is 0 Å². The van der Waals surface area contributed by atoms with Crippen molar-refractivity contribution in [3.63, 3.8) is 0 Å². The summed E-state index contributed by atoms with van der Waals surface area (Å²) in [5.41, 5.74) is 1.18. The van der Waals surface area contributed by atoms with E-state index >= 15 is 0 Å². The van der Waals surface area contributed by atoms with E-state index in [0.29, 0.717) is 32.5 Å². The van der Waals surface area contributed by atoms with Gasteiger partial charge < -0.3 is 19.5 Å². The van der Waals surface area contributed by atoms with Crippen LogP contribution in [0.5, 0.6) is 0 Å². The molecule has 6 heteroatoms. The van der Waals surface area contributed by atoms with Crippen LogP contribution in [0.3, 0.4) is 0 Å². The number of likely N-dealkylation sites (tertiary alicyclic amines) is 1. The Kier molecular flexibility index (Phi) is 6.74. The van der Waals surface area contributed by atoms with Gasteiger partial charge in [0.1, 0.15) is 5.76 Å². The van der Waals surface area contributed by atoms with Crippen LogP contribution in [0.15, 0.2) is 53.1 Å². The smallest absolute Gasteiger partial charge is 0.319 e. The number of amides is 3. The molecule has 3 amide bonds. The maximum atomic E-state index is 12.6. The number of nitrogens with zero attached hydrogens (tertiary/aromatic N) is 2. The monoisotopic (exact) mass is 383 g/mol. The molecule has 2 aromatic rings. The Morgan fingerprint density at radius 2 is 1.86 bits per heavy atom. The molecule has 150 valence electrons. The molecule has 0 radical (unpaired) electrons. The fraction of sp³-hybridized carbons (Fsp3) is 0.455. The van der Waals surface area contributed by atoms with E-state index in [2.05, 4.69) is 17.4 Å². The van der Waals surface area contributed by atoms with E-state index in [1.165, 1.54) is 5.56 Å². The van der Waals surface area contributed by atoms with E-state index in [1.54, 1.807) is 25.3 Å². The average molecular weight is 383 g/mol. The molecule has 6 nitrogen and oxygen atoms in total. The predicted molar refractivity (Wildman–Crippen MR) is 108 cm³/mol. The summed E-state index contributed by atoms with van der Waals surface area (Å²) < 4.78 is 5.62. The number of hydrogen-bond acceptors (Lipinski definition) is 3. The molecule has 1 aromatic heterocycles. The Labute approximate surface area is 166 Å². The first-order chi connectivity index (χ1) is 13.6. The highest BCUT2D eigenvalue weighted by atomic mass is 16.3. The quantitative estimate of drug-likeness (QED) is 0.832. The molecule has 1 aliphatic heterocycles. The van der Waals surface area contributed by atoms with Crippen LogP contribution in [0, 0.1) is 5.92 Å². The van der Waals surface area contributed by atoms with Crippen molar-refractivity contribution in [1.29, 1.82) is 0 Å². The maximum Gasteiger partial charge on any atom is 0.319 e. The van der Waals surface area contributed by atoms with Crippen molar-refractivity contribution in [2.75, 3.05) is 33.7 Å². The van der Waals surface area contributed by atoms with Gasteiger partial charge in [0, 0.05) is 45.6 Å². The lowest BCUT2D eigenvalue weighted by molar-refractivity contribution is -0.126. The zero-order valence-electron chi connectivity index (χ0n) is 16.6. The fourth-order valence-electron chi connectivity index (χ4n) is 3.75. The molecule has 1 saturated heterocycles. The number of carbonyl (C=O) groups excluding carboxylic acids is 2. The van der Waals surface area contributed by atoms with Crippen molar-refractivity contribution in [2.45, 2.75) is 25.2 Å². The zero-order valence-corrected chi connectivity index (χ0v) is 16.6. The molecule has 1 atom stereocenters. The number of carbonyl (C=O) groups is 2. The third kappa shape index (κ3) is 4.94. The normalized spacial score (nSPS) is 15.9. The van der Waals surface area contributed by atoms with Gasteiger partial charge in [0.2, 0.25) is 5.91 Å². The lowest BCUT2D eigenvalue weighted by atomic mass is 9.92. The Morgan fingerprint density at radius 1 is 1.14 bits per heavy atom. The number of benzene rings is 1. The lowest BCUT2D eigenvalue weighted by Crippen LogP contribution is -2.46. The molecule has 0 spiro atoms. The van der Waals surface area contributed by atoms with E-state index in [0.717, 1.165) is 12.2 Å². The van der Waals surface area contributed by atoms with Crippen LogP contribution >= 0.6 is 0 Å². The molecule has 1 fully saturated rings. The molecule has 2 heterocycles. The van der Waals surface area contributed by atoms with E-state index in [-0.39, 0.29) is 23.8 Å². The molecule has 1 aromatic carbocycles. The van der Waals surface area contributed by atoms with Crippen LogP contribution in [0.4, 0.5) is 4.79 Å². The lowest BCUT2D eigenvalue weighted by Gasteiger charge is -2.33. The molecule has 0 bridgehead atoms. The topological polar surface area (TPSA) is 65.8 Å². The summed E-state index contributed by atoms with van der Waals surface area (Å²) in [6.45, 7) is 1.86. The molecule has 1 unspecified atom stereocenters. The summed E-state index contributed by atoms with van der Waals surface area (Å²) in [5.74, 6) is 1.10. The minimum atomic E-state index is -0.0231. The predicted octanol–water partition coefficient (Wildman–Crippen LogP) is 3.31. The van der Waals surface area contributed by atoms with Crippen LogP contribution in [-0.2, 0) is 4.79 Å². The maximum absolute atomic E-state index is 12.6. The van der Waals surface area contributed by atoms with E-state index < -0.39 is 0 Å². The first-order valence-electron chi connectivity index (χ1n) is 9.88. The van der Waals surface area contributed by atoms with Gasteiger partial charge in [0.05, 0.1) is 6.26 Å². The Hall–Kier alpha value is -2.76. The molecule has 1 N–H and O–H groups in total. The molecule has 28 heavy (non-hydrogen) atoms. The van der Waals surface area contributed by atoms with Gasteiger partial charge in [-0.2, -0.15) is 0 Å². The SMILES string of the molecule is CN(C)C(=O)N1CCC(C(=O)NCCC(c2ccccc2)c2ccco2)CC1. The molecule has 3 rings (SSSR count). The zero-order chi connectivity index (χ0) is 19.9. The minimum Gasteiger partial charge on any atom is -0.469 e. The average Bonchev–Trinajstić information content (AvgIpc) is 3.25. The van der Waals surface area contributed by atoms with Crippen LogP contribution in [-0.4, -0.2) is 55.5 Å². The van der Waals surface area contributed by atoms with Crippen LogP contribution in [0.25, 0.3) is 0 Å². The number of piperidine rings is 1. The first kappa shape index (κ1) is 20.0. The highest BCUT2D eigenvalue weighted by Crippen LogP contribution is 2.28. The van der Waals surface area contributed by atoms with E-state index in [1.807, 2.05) is 35.2 Å². The van der Waals surface area contributed by atoms with Crippen molar-refractivity contribution < 1.29 is 14.0 Å². The number of hydrogen-bond donors (Lipinski definition) is 1. The molecule has 1 aliphatic rings. The number of furan rings is 1. The third-order valence-electron chi connectivity index (χ3n) is 5.34. The summed E-state index contributed by atoms with van der Waals surface area (Å²) in [4.78, 5) is 28.0. The number of urea groups is 1. The molecule has 0 aliphatic carbocycles. The van der Waals surface area contributed by atoms with E-state index in [9.17, 15) is 9.59 Å². The number of rotatable bonds is 6. The van der Waals surface area contributed by atoms with Gasteiger partial charge in [-0.15, -0.1) is 0 Å². The van der Waals surface area contributed by atoms with Crippen molar-refractivity contribution in [1.82, 2.24) is 15.1 Å². The van der Waals surface area contributed by atoms with Crippen molar-refractivity contribution in [3.8, 4) is 0 Å². The minimum absolute atomic E-state index is 0.0167. The summed E-state index contributed by atoms with van der Waals surface area (Å²) in [7, 11) is 3.51. The third-order valence-corrected chi connectivity index (χ3v) is 5.34. The highest BCUT2D eigenvalue weighted by molar-refractivity contribution is 5.79. The second-order valence-electron chi connectivity index (χ2n) is 7.50. The van der Waals surface area contributed by atoms with Gasteiger partial charge in [0.15, 0.2) is 0 Å². The largest absolute Gasteiger partial charge is 0.469 e. The van der Waals surface area contributed by atoms with Crippen molar-refractivity contribution in [2.24, 2.45) is 5.92 Å². The van der Waals surface area contributed by atoms with Gasteiger partial charge in [-0.05, 0) is 37.0 Å². The van der Waals surface area contributed by atoms with Gasteiger partial charge in [-0.1, -0.05) is 30.3 Å². The summed E-state index contributed by atoms with van der Waals surface area (Å²) in [6.07, 6.45) is 3.89. The van der Waals surface area contributed by atoms with Crippen molar-refractivity contribution in [3.05, 3.63) is 60.1 Å². The van der Waals surface area contributed by atoms with Crippen molar-refractivity contribution >= 4 is 11.9 Å². The Balaban J connectivity index is 1.50. The van der Waals surface area contributed by atoms with Gasteiger partial charge in [-0.25, -0.2) is 4.79 Å². The Morgan fingerprint density at radius 3 is 2.46 bits per heavy atom. The number of nitrogens with one attached hydrogen (secondary N) is 1. The van der Waals surface area contributed by atoms with Crippen LogP contribution < -0.4 is 5.32 Å². The summed E-state index contributed by atoms with van der Waals surface area (Å²) in [5, 5.41) is 3.09. The first-order valence-corrected chi connectivity index (χ1v) is 9.88. The summed E-state index contributed by atoms with van der Waals surface area (Å²) in [6, 6.07) is 14.1. The second kappa shape index (κ2) is 9.44. The van der Waals surface area contributed by atoms with Gasteiger partial charge in [-0.3, -0.25) is 4.79 Å².